The fourth-order valence-electron chi connectivity index (χ4n) is 1.79. The van der Waals surface area contributed by atoms with Crippen LogP contribution in [-0.4, -0.2) is 12.9 Å². The summed E-state index contributed by atoms with van der Waals surface area (Å²) in [5.74, 6) is 1.62. The maximum atomic E-state index is 11.5. The number of ketones is 1. The predicted octanol–water partition coefficient (Wildman–Crippen LogP) is 5.38. The zero-order chi connectivity index (χ0) is 16.3. The molecule has 0 bridgehead atoms. The highest BCUT2D eigenvalue weighted by Crippen LogP contribution is 2.37. The van der Waals surface area contributed by atoms with Crippen molar-refractivity contribution in [3.8, 4) is 17.2 Å². The summed E-state index contributed by atoms with van der Waals surface area (Å²) in [6, 6.07) is 8.51. The predicted molar refractivity (Wildman–Crippen MR) is 99.7 cm³/mol. The van der Waals surface area contributed by atoms with Crippen molar-refractivity contribution in [2.75, 3.05) is 7.11 Å². The first-order chi connectivity index (χ1) is 10.5. The summed E-state index contributed by atoms with van der Waals surface area (Å²) >= 11 is 4.25. The first-order valence-electron chi connectivity index (χ1n) is 6.17. The average molecular weight is 521 g/mol. The summed E-state index contributed by atoms with van der Waals surface area (Å²) in [5, 5.41) is 9.00. The molecule has 0 amide bonds. The van der Waals surface area contributed by atoms with Gasteiger partial charge >= 0.3 is 5.69 Å². The largest absolute Gasteiger partial charge is 0.489 e. The third kappa shape index (κ3) is 3.67. The molecule has 22 heavy (non-hydrogen) atoms. The Labute approximate surface area is 154 Å². The number of methoxy groups -OCH3 is 1. The smallest absolute Gasteiger partial charge is 0.429 e. The van der Waals surface area contributed by atoms with E-state index in [1.807, 2.05) is 0 Å². The molecule has 2 rings (SSSR count). The van der Waals surface area contributed by atoms with E-state index in [9.17, 15) is 4.79 Å². The normalized spacial score (nSPS) is 9.95. The minimum Gasteiger partial charge on any atom is -0.489 e. The molecule has 0 N–H and O–H groups in total. The van der Waals surface area contributed by atoms with Gasteiger partial charge in [0.2, 0.25) is 11.1 Å². The number of ether oxygens (including phenoxy) is 2. The minimum absolute atomic E-state index is 0.00759. The quantitative estimate of drug-likeness (QED) is 0.308. The molecule has 0 aliphatic carbocycles. The van der Waals surface area contributed by atoms with Crippen LogP contribution in [0.5, 0.6) is 17.2 Å². The molecular formula is C15H11I2N2O3+. The van der Waals surface area contributed by atoms with Crippen molar-refractivity contribution in [1.82, 2.24) is 0 Å². The van der Waals surface area contributed by atoms with Gasteiger partial charge in [-0.2, -0.15) is 0 Å². The van der Waals surface area contributed by atoms with E-state index in [2.05, 4.69) is 50.2 Å². The Morgan fingerprint density at radius 1 is 1.18 bits per heavy atom. The molecule has 5 nitrogen and oxygen atoms in total. The first kappa shape index (κ1) is 17.0. The van der Waals surface area contributed by atoms with Crippen LogP contribution >= 0.6 is 45.2 Å². The third-order valence-corrected chi connectivity index (χ3v) is 4.49. The second-order valence-electron chi connectivity index (χ2n) is 4.36. The number of carbonyl (C=O) groups excluding carboxylic acids is 1. The maximum absolute atomic E-state index is 11.5. The van der Waals surface area contributed by atoms with Crippen LogP contribution in [0.3, 0.4) is 0 Å². The van der Waals surface area contributed by atoms with E-state index in [-0.39, 0.29) is 11.5 Å². The lowest BCUT2D eigenvalue weighted by Crippen LogP contribution is -1.98. The monoisotopic (exact) mass is 521 g/mol. The summed E-state index contributed by atoms with van der Waals surface area (Å²) < 4.78 is 12.6. The van der Waals surface area contributed by atoms with Gasteiger partial charge in [0, 0.05) is 5.56 Å². The van der Waals surface area contributed by atoms with Gasteiger partial charge in [0.1, 0.15) is 5.75 Å². The molecular weight excluding hydrogens is 510 g/mol. The van der Waals surface area contributed by atoms with Crippen LogP contribution in [0.4, 0.5) is 5.69 Å². The Bertz CT molecular complexity index is 762. The maximum Gasteiger partial charge on any atom is 0.429 e. The Kier molecular flexibility index (Phi) is 5.57. The van der Waals surface area contributed by atoms with Gasteiger partial charge in [-0.3, -0.25) is 4.79 Å². The molecule has 2 aromatic rings. The number of diazo groups is 1. The fourth-order valence-corrected chi connectivity index (χ4v) is 3.78. The number of rotatable bonds is 4. The Morgan fingerprint density at radius 3 is 2.32 bits per heavy atom. The van der Waals surface area contributed by atoms with Crippen LogP contribution in [0.25, 0.3) is 4.98 Å². The number of halogens is 2. The van der Waals surface area contributed by atoms with E-state index < -0.39 is 0 Å². The number of hydrogen-bond acceptors (Lipinski definition) is 4. The summed E-state index contributed by atoms with van der Waals surface area (Å²) in [5.41, 5.74) is 0.923. The summed E-state index contributed by atoms with van der Waals surface area (Å²) in [6.45, 7) is 1.53. The van der Waals surface area contributed by atoms with Crippen molar-refractivity contribution in [1.29, 1.82) is 5.39 Å². The van der Waals surface area contributed by atoms with E-state index in [1.165, 1.54) is 14.0 Å². The third-order valence-electron chi connectivity index (χ3n) is 2.88. The molecule has 2 aromatic carbocycles. The van der Waals surface area contributed by atoms with Crippen molar-refractivity contribution in [2.45, 2.75) is 6.92 Å². The van der Waals surface area contributed by atoms with Crippen molar-refractivity contribution in [3.05, 3.63) is 48.0 Å². The van der Waals surface area contributed by atoms with Gasteiger partial charge in [-0.25, -0.2) is 0 Å². The number of benzene rings is 2. The van der Waals surface area contributed by atoms with Gasteiger partial charge in [-0.1, -0.05) is 0 Å². The summed E-state index contributed by atoms with van der Waals surface area (Å²) in [4.78, 5) is 14.6. The lowest BCUT2D eigenvalue weighted by molar-refractivity contribution is 0.101. The molecule has 0 radical (unpaired) electrons. The van der Waals surface area contributed by atoms with Gasteiger partial charge in [-0.05, 0) is 76.4 Å². The van der Waals surface area contributed by atoms with Gasteiger partial charge in [0.15, 0.2) is 16.5 Å². The Morgan fingerprint density at radius 2 is 1.82 bits per heavy atom. The second-order valence-corrected chi connectivity index (χ2v) is 6.69. The van der Waals surface area contributed by atoms with Crippen LogP contribution in [0.15, 0.2) is 30.3 Å². The fraction of sp³-hybridized carbons (Fsp3) is 0.133. The molecule has 0 aliphatic heterocycles. The van der Waals surface area contributed by atoms with E-state index >= 15 is 0 Å². The first-order valence-corrected chi connectivity index (χ1v) is 8.33. The molecule has 0 heterocycles. The van der Waals surface area contributed by atoms with Crippen LogP contribution in [0.1, 0.15) is 17.3 Å². The minimum atomic E-state index is 0.00759. The lowest BCUT2D eigenvalue weighted by atomic mass is 10.1. The van der Waals surface area contributed by atoms with Gasteiger partial charge in [0.05, 0.1) is 20.3 Å². The highest BCUT2D eigenvalue weighted by atomic mass is 127. The zero-order valence-electron chi connectivity index (χ0n) is 11.8. The summed E-state index contributed by atoms with van der Waals surface area (Å²) in [6.07, 6.45) is 0. The molecule has 0 saturated carbocycles. The molecule has 7 heteroatoms. The van der Waals surface area contributed by atoms with Crippen molar-refractivity contribution >= 4 is 56.7 Å². The molecule has 0 aromatic heterocycles. The SMILES string of the molecule is COc1ccc(Oc2c(I)cc(C(C)=O)cc2I)cc1[N+]#N. The average Bonchev–Trinajstić information content (AvgIpc) is 2.50. The standard InChI is InChI=1S/C15H11I2N2O3/c1-8(20)9-5-11(16)15(12(17)6-9)22-10-3-4-14(21-2)13(7-10)19-18/h3-7H,1-2H3/q+1. The van der Waals surface area contributed by atoms with Gasteiger partial charge in [0.25, 0.3) is 0 Å². The number of carbonyl (C=O) groups is 1. The lowest BCUT2D eigenvalue weighted by Gasteiger charge is -2.11. The molecule has 112 valence electrons. The van der Waals surface area contributed by atoms with Gasteiger partial charge < -0.3 is 9.47 Å². The number of Topliss-reactive ketones (excluding diaryl/α,β-unsaturated/α-hetero) is 1. The van der Waals surface area contributed by atoms with E-state index in [1.54, 1.807) is 30.3 Å². The van der Waals surface area contributed by atoms with Crippen LogP contribution in [0, 0.1) is 12.5 Å². The van der Waals surface area contributed by atoms with Gasteiger partial charge in [-0.15, -0.1) is 0 Å². The zero-order valence-corrected chi connectivity index (χ0v) is 16.1. The highest BCUT2D eigenvalue weighted by molar-refractivity contribution is 14.1. The summed E-state index contributed by atoms with van der Waals surface area (Å²) in [7, 11) is 1.50. The van der Waals surface area contributed by atoms with Crippen molar-refractivity contribution in [2.24, 2.45) is 0 Å². The molecule has 0 saturated heterocycles. The van der Waals surface area contributed by atoms with Crippen molar-refractivity contribution in [3.63, 3.8) is 0 Å². The molecule has 0 spiro atoms. The van der Waals surface area contributed by atoms with Crippen molar-refractivity contribution < 1.29 is 14.3 Å². The number of nitrogens with zero attached hydrogens (tertiary/aromatic N) is 2. The van der Waals surface area contributed by atoms with Crippen LogP contribution < -0.4 is 9.47 Å². The Balaban J connectivity index is 2.40. The Hall–Kier alpha value is -1.41. The van der Waals surface area contributed by atoms with E-state index in [4.69, 9.17) is 14.9 Å². The topological polar surface area (TPSA) is 63.7 Å². The van der Waals surface area contributed by atoms with E-state index in [0.29, 0.717) is 22.8 Å². The molecule has 0 atom stereocenters. The number of hydrogen-bond donors (Lipinski definition) is 0. The molecule has 0 fully saturated rings. The molecule has 0 aliphatic rings. The van der Waals surface area contributed by atoms with Crippen LogP contribution in [0.2, 0.25) is 0 Å². The second kappa shape index (κ2) is 7.23. The van der Waals surface area contributed by atoms with Crippen LogP contribution in [-0.2, 0) is 0 Å². The van der Waals surface area contributed by atoms with E-state index in [0.717, 1.165) is 7.14 Å². The highest BCUT2D eigenvalue weighted by Gasteiger charge is 2.18. The molecule has 0 unspecified atom stereocenters.